The van der Waals surface area contributed by atoms with Crippen LogP contribution in [0.15, 0.2) is 82.7 Å². The molecule has 1 aromatic heterocycles. The standard InChI is InChI=1S/C31H30N2O2S/c1-21-8-7-9-22(18-21)20-36-30-32-28-26-11-4-3-10-23(26)19-31(16-5-6-17-31)27(28)29(34)33(30)24-12-14-25(35-2)15-13-24/h3-4,7-15,18H,5-6,16-17,19-20H2,1-2H3. The molecule has 4 aromatic rings. The zero-order chi connectivity index (χ0) is 24.7. The highest BCUT2D eigenvalue weighted by molar-refractivity contribution is 7.98. The van der Waals surface area contributed by atoms with Gasteiger partial charge in [-0.05, 0) is 61.6 Å². The second kappa shape index (κ2) is 9.29. The first-order valence-electron chi connectivity index (χ1n) is 12.7. The van der Waals surface area contributed by atoms with Gasteiger partial charge in [-0.2, -0.15) is 0 Å². The number of aryl methyl sites for hydroxylation is 1. The number of hydrogen-bond donors (Lipinski definition) is 0. The molecule has 4 nitrogen and oxygen atoms in total. The summed E-state index contributed by atoms with van der Waals surface area (Å²) in [7, 11) is 1.66. The Bertz CT molecular complexity index is 1480. The normalized spacial score (nSPS) is 15.5. The molecule has 0 N–H and O–H groups in total. The van der Waals surface area contributed by atoms with Crippen LogP contribution in [0.25, 0.3) is 16.9 Å². The van der Waals surface area contributed by atoms with Crippen molar-refractivity contribution in [1.82, 2.24) is 9.55 Å². The predicted molar refractivity (Wildman–Crippen MR) is 146 cm³/mol. The zero-order valence-corrected chi connectivity index (χ0v) is 21.6. The Morgan fingerprint density at radius 2 is 1.78 bits per heavy atom. The number of methoxy groups -OCH3 is 1. The molecule has 2 aliphatic rings. The summed E-state index contributed by atoms with van der Waals surface area (Å²) < 4.78 is 7.22. The van der Waals surface area contributed by atoms with Gasteiger partial charge in [-0.1, -0.05) is 78.7 Å². The van der Waals surface area contributed by atoms with Gasteiger partial charge in [0.25, 0.3) is 5.56 Å². The number of aromatic nitrogens is 2. The molecule has 0 unspecified atom stereocenters. The quantitative estimate of drug-likeness (QED) is 0.224. The molecule has 0 saturated heterocycles. The van der Waals surface area contributed by atoms with E-state index in [1.165, 1.54) is 16.7 Å². The lowest BCUT2D eigenvalue weighted by atomic mass is 9.68. The molecule has 1 spiro atoms. The molecule has 0 amide bonds. The van der Waals surface area contributed by atoms with Crippen molar-refractivity contribution < 1.29 is 4.74 Å². The second-order valence-corrected chi connectivity index (χ2v) is 11.0. The number of rotatable bonds is 5. The summed E-state index contributed by atoms with van der Waals surface area (Å²) in [6.07, 6.45) is 5.33. The lowest BCUT2D eigenvalue weighted by Crippen LogP contribution is -2.40. The van der Waals surface area contributed by atoms with Gasteiger partial charge in [0.05, 0.1) is 24.1 Å². The molecular formula is C31H30N2O2S. The van der Waals surface area contributed by atoms with Crippen LogP contribution in [0.4, 0.5) is 0 Å². The molecule has 0 bridgehead atoms. The minimum Gasteiger partial charge on any atom is -0.497 e. The van der Waals surface area contributed by atoms with Crippen LogP contribution in [-0.2, 0) is 17.6 Å². The van der Waals surface area contributed by atoms with Gasteiger partial charge in [0.15, 0.2) is 5.16 Å². The average Bonchev–Trinajstić information content (AvgIpc) is 3.36. The van der Waals surface area contributed by atoms with E-state index in [1.54, 1.807) is 18.9 Å². The molecule has 3 aromatic carbocycles. The molecule has 182 valence electrons. The van der Waals surface area contributed by atoms with Crippen LogP contribution in [0, 0.1) is 6.92 Å². The molecule has 0 radical (unpaired) electrons. The monoisotopic (exact) mass is 494 g/mol. The summed E-state index contributed by atoms with van der Waals surface area (Å²) in [5.74, 6) is 1.52. The molecule has 0 atom stereocenters. The number of hydrogen-bond acceptors (Lipinski definition) is 4. The van der Waals surface area contributed by atoms with Crippen molar-refractivity contribution in [1.29, 1.82) is 0 Å². The fraction of sp³-hybridized carbons (Fsp3) is 0.290. The number of thioether (sulfide) groups is 1. The first-order chi connectivity index (χ1) is 17.6. The molecular weight excluding hydrogens is 464 g/mol. The lowest BCUT2D eigenvalue weighted by molar-refractivity contribution is 0.414. The van der Waals surface area contributed by atoms with Gasteiger partial charge in [0.2, 0.25) is 0 Å². The highest BCUT2D eigenvalue weighted by Crippen LogP contribution is 2.50. The van der Waals surface area contributed by atoms with E-state index in [2.05, 4.69) is 55.5 Å². The van der Waals surface area contributed by atoms with E-state index in [0.29, 0.717) is 0 Å². The fourth-order valence-corrected chi connectivity index (χ4v) is 6.97. The number of ether oxygens (including phenoxy) is 1. The van der Waals surface area contributed by atoms with E-state index in [9.17, 15) is 4.79 Å². The first kappa shape index (κ1) is 23.1. The van der Waals surface area contributed by atoms with Crippen molar-refractivity contribution in [2.75, 3.05) is 7.11 Å². The minimum atomic E-state index is -0.123. The number of fused-ring (bicyclic) bond motifs is 4. The smallest absolute Gasteiger partial charge is 0.263 e. The van der Waals surface area contributed by atoms with E-state index in [4.69, 9.17) is 9.72 Å². The molecule has 1 saturated carbocycles. The maximum absolute atomic E-state index is 14.5. The molecule has 0 aliphatic heterocycles. The molecule has 36 heavy (non-hydrogen) atoms. The summed E-state index contributed by atoms with van der Waals surface area (Å²) in [5, 5.41) is 0.732. The number of nitrogens with zero attached hydrogens (tertiary/aromatic N) is 2. The Labute approximate surface area is 216 Å². The summed E-state index contributed by atoms with van der Waals surface area (Å²) in [6.45, 7) is 2.11. The molecule has 2 aliphatic carbocycles. The van der Waals surface area contributed by atoms with Crippen LogP contribution < -0.4 is 10.3 Å². The van der Waals surface area contributed by atoms with E-state index in [0.717, 1.165) is 71.3 Å². The second-order valence-electron chi connectivity index (χ2n) is 10.1. The summed E-state index contributed by atoms with van der Waals surface area (Å²) in [4.78, 5) is 19.8. The van der Waals surface area contributed by atoms with Crippen LogP contribution >= 0.6 is 11.8 Å². The topological polar surface area (TPSA) is 44.1 Å². The van der Waals surface area contributed by atoms with Crippen LogP contribution in [0.3, 0.4) is 0 Å². The van der Waals surface area contributed by atoms with Gasteiger partial charge in [-0.25, -0.2) is 4.98 Å². The van der Waals surface area contributed by atoms with Crippen molar-refractivity contribution >= 4 is 11.8 Å². The van der Waals surface area contributed by atoms with Crippen LogP contribution in [0.1, 0.15) is 47.9 Å². The van der Waals surface area contributed by atoms with Crippen molar-refractivity contribution in [2.24, 2.45) is 0 Å². The summed E-state index contributed by atoms with van der Waals surface area (Å²) in [5.41, 5.74) is 7.47. The maximum atomic E-state index is 14.5. The molecule has 1 heterocycles. The third kappa shape index (κ3) is 3.96. The van der Waals surface area contributed by atoms with Gasteiger partial charge in [0, 0.05) is 16.7 Å². The Kier molecular flexibility index (Phi) is 5.96. The van der Waals surface area contributed by atoms with Crippen molar-refractivity contribution in [3.63, 3.8) is 0 Å². The van der Waals surface area contributed by atoms with Gasteiger partial charge >= 0.3 is 0 Å². The van der Waals surface area contributed by atoms with Crippen molar-refractivity contribution in [3.8, 4) is 22.7 Å². The van der Waals surface area contributed by atoms with E-state index in [1.807, 2.05) is 28.8 Å². The highest BCUT2D eigenvalue weighted by Gasteiger charge is 2.44. The van der Waals surface area contributed by atoms with Crippen LogP contribution in [0.2, 0.25) is 0 Å². The largest absolute Gasteiger partial charge is 0.497 e. The van der Waals surface area contributed by atoms with Gasteiger partial charge in [-0.3, -0.25) is 9.36 Å². The minimum absolute atomic E-state index is 0.0771. The predicted octanol–water partition coefficient (Wildman–Crippen LogP) is 6.88. The first-order valence-corrected chi connectivity index (χ1v) is 13.7. The third-order valence-corrected chi connectivity index (χ3v) is 8.74. The molecule has 5 heteroatoms. The average molecular weight is 495 g/mol. The maximum Gasteiger partial charge on any atom is 0.263 e. The van der Waals surface area contributed by atoms with Crippen molar-refractivity contribution in [2.45, 2.75) is 55.4 Å². The molecule has 1 fully saturated rings. The van der Waals surface area contributed by atoms with Gasteiger partial charge in [0.1, 0.15) is 5.75 Å². The van der Waals surface area contributed by atoms with Gasteiger partial charge < -0.3 is 4.74 Å². The molecule has 6 rings (SSSR count). The zero-order valence-electron chi connectivity index (χ0n) is 20.8. The van der Waals surface area contributed by atoms with E-state index < -0.39 is 0 Å². The van der Waals surface area contributed by atoms with Crippen molar-refractivity contribution in [3.05, 3.63) is 105 Å². The summed E-state index contributed by atoms with van der Waals surface area (Å²) in [6, 6.07) is 24.8. The van der Waals surface area contributed by atoms with Crippen LogP contribution in [0.5, 0.6) is 5.75 Å². The summed E-state index contributed by atoms with van der Waals surface area (Å²) >= 11 is 1.63. The van der Waals surface area contributed by atoms with Crippen LogP contribution in [-0.4, -0.2) is 16.7 Å². The lowest BCUT2D eigenvalue weighted by Gasteiger charge is -2.36. The number of benzene rings is 3. The Hall–Kier alpha value is -3.31. The van der Waals surface area contributed by atoms with E-state index >= 15 is 0 Å². The Balaban J connectivity index is 1.56. The third-order valence-electron chi connectivity index (χ3n) is 7.73. The Morgan fingerprint density at radius 3 is 2.53 bits per heavy atom. The fourth-order valence-electron chi connectivity index (χ4n) is 6.02. The highest BCUT2D eigenvalue weighted by atomic mass is 32.2. The van der Waals surface area contributed by atoms with E-state index in [-0.39, 0.29) is 11.0 Å². The SMILES string of the molecule is COc1ccc(-n2c(SCc3cccc(C)c3)nc3c(c2=O)C2(CCCC2)Cc2ccccc2-3)cc1. The Morgan fingerprint density at radius 1 is 1.00 bits per heavy atom. The van der Waals surface area contributed by atoms with Gasteiger partial charge in [-0.15, -0.1) is 0 Å².